The molecule has 0 aromatic heterocycles. The lowest BCUT2D eigenvalue weighted by Gasteiger charge is -2.50. The Morgan fingerprint density at radius 1 is 1.15 bits per heavy atom. The average molecular weight is 574 g/mol. The Morgan fingerprint density at radius 2 is 1.78 bits per heavy atom. The summed E-state index contributed by atoms with van der Waals surface area (Å²) in [5, 5.41) is 45.7. The predicted octanol–water partition coefficient (Wildman–Crippen LogP) is 0.972. The minimum atomic E-state index is -2.67. The van der Waals surface area contributed by atoms with Crippen LogP contribution in [0.2, 0.25) is 0 Å². The molecule has 0 bridgehead atoms. The molecule has 41 heavy (non-hydrogen) atoms. The monoisotopic (exact) mass is 573 g/mol. The summed E-state index contributed by atoms with van der Waals surface area (Å²) < 4.78 is 10.5. The third-order valence-electron chi connectivity index (χ3n) is 8.67. The van der Waals surface area contributed by atoms with E-state index in [9.17, 15) is 34.8 Å². The van der Waals surface area contributed by atoms with Gasteiger partial charge in [-0.3, -0.25) is 19.3 Å². The highest BCUT2D eigenvalue weighted by atomic mass is 16.7. The number of methoxy groups -OCH3 is 2. The molecular formula is C29H39N3O9. The number of Topliss-reactive ketones (excluding diaryl/α,β-unsaturated/α-hetero) is 2. The fourth-order valence-corrected chi connectivity index (χ4v) is 6.73. The largest absolute Gasteiger partial charge is 0.508 e. The number of ketones is 2. The van der Waals surface area contributed by atoms with Gasteiger partial charge in [-0.05, 0) is 69.3 Å². The van der Waals surface area contributed by atoms with Crippen molar-refractivity contribution in [3.8, 4) is 5.75 Å². The zero-order valence-electron chi connectivity index (χ0n) is 24.2. The Labute approximate surface area is 238 Å². The van der Waals surface area contributed by atoms with Crippen molar-refractivity contribution < 1.29 is 44.3 Å². The summed E-state index contributed by atoms with van der Waals surface area (Å²) in [5.41, 5.74) is 3.69. The molecule has 224 valence electrons. The first-order valence-electron chi connectivity index (χ1n) is 13.5. The van der Waals surface area contributed by atoms with Crippen LogP contribution in [0.1, 0.15) is 36.0 Å². The second-order valence-electron chi connectivity index (χ2n) is 11.4. The third kappa shape index (κ3) is 4.68. The number of aromatic hydroxyl groups is 1. The molecular weight excluding hydrogens is 534 g/mol. The van der Waals surface area contributed by atoms with Gasteiger partial charge in [0.05, 0.1) is 11.6 Å². The van der Waals surface area contributed by atoms with E-state index in [4.69, 9.17) is 15.2 Å². The molecule has 0 heterocycles. The summed E-state index contributed by atoms with van der Waals surface area (Å²) >= 11 is 0. The molecule has 6 N–H and O–H groups in total. The Hall–Kier alpha value is -3.45. The van der Waals surface area contributed by atoms with Crippen molar-refractivity contribution in [1.82, 2.24) is 4.90 Å². The van der Waals surface area contributed by atoms with Crippen LogP contribution in [0.25, 0.3) is 5.76 Å². The van der Waals surface area contributed by atoms with E-state index in [-0.39, 0.29) is 29.7 Å². The minimum Gasteiger partial charge on any atom is -0.508 e. The van der Waals surface area contributed by atoms with Gasteiger partial charge in [0.15, 0.2) is 17.7 Å². The van der Waals surface area contributed by atoms with Crippen LogP contribution in [-0.4, -0.2) is 103 Å². The molecule has 12 heteroatoms. The Balaban J connectivity index is 1.88. The van der Waals surface area contributed by atoms with Gasteiger partial charge in [-0.15, -0.1) is 0 Å². The van der Waals surface area contributed by atoms with Crippen molar-refractivity contribution >= 4 is 28.9 Å². The summed E-state index contributed by atoms with van der Waals surface area (Å²) in [5.74, 6) is -6.63. The first-order chi connectivity index (χ1) is 19.2. The van der Waals surface area contributed by atoms with Gasteiger partial charge in [0.1, 0.15) is 22.8 Å². The number of hydrogen-bond acceptors (Lipinski definition) is 11. The van der Waals surface area contributed by atoms with Crippen LogP contribution in [0.4, 0.5) is 5.69 Å². The maximum atomic E-state index is 14.1. The van der Waals surface area contributed by atoms with E-state index in [0.29, 0.717) is 30.4 Å². The fourth-order valence-electron chi connectivity index (χ4n) is 6.73. The number of ether oxygens (including phenoxy) is 2. The highest BCUT2D eigenvalue weighted by Gasteiger charge is 2.64. The minimum absolute atomic E-state index is 0.0383. The molecule has 1 amide bonds. The number of phenols is 1. The quantitative estimate of drug-likeness (QED) is 0.210. The number of hydrogen-bond donors (Lipinski definition) is 5. The molecule has 0 spiro atoms. The number of aliphatic hydroxyl groups excluding tert-OH is 2. The van der Waals surface area contributed by atoms with Gasteiger partial charge in [0.25, 0.3) is 5.91 Å². The average Bonchev–Trinajstić information content (AvgIpc) is 2.89. The molecule has 1 aromatic rings. The Kier molecular flexibility index (Phi) is 8.25. The molecule has 1 saturated carbocycles. The number of phenolic OH excluding ortho intramolecular Hbond substituents is 1. The number of amides is 1. The van der Waals surface area contributed by atoms with Crippen LogP contribution < -0.4 is 10.6 Å². The number of aliphatic hydroxyl groups is 3. The summed E-state index contributed by atoms with van der Waals surface area (Å²) in [7, 11) is 9.88. The van der Waals surface area contributed by atoms with Crippen LogP contribution in [0.5, 0.6) is 5.75 Å². The number of aryl methyl sites for hydroxylation is 1. The van der Waals surface area contributed by atoms with Gasteiger partial charge < -0.3 is 40.5 Å². The summed E-state index contributed by atoms with van der Waals surface area (Å²) in [6.07, 6.45) is 1.44. The summed E-state index contributed by atoms with van der Waals surface area (Å²) in [4.78, 5) is 42.8. The van der Waals surface area contributed by atoms with Gasteiger partial charge in [-0.25, -0.2) is 0 Å². The summed E-state index contributed by atoms with van der Waals surface area (Å²) in [6.45, 7) is 0. The van der Waals surface area contributed by atoms with Crippen LogP contribution in [0.15, 0.2) is 23.0 Å². The summed E-state index contributed by atoms with van der Waals surface area (Å²) in [6, 6.07) is 0.724. The zero-order valence-corrected chi connectivity index (χ0v) is 24.2. The normalized spacial score (nSPS) is 25.9. The van der Waals surface area contributed by atoms with E-state index in [1.807, 2.05) is 25.1 Å². The molecule has 4 atom stereocenters. The second-order valence-corrected chi connectivity index (χ2v) is 11.4. The number of nitrogens with zero attached hydrogens (tertiary/aromatic N) is 2. The van der Waals surface area contributed by atoms with Crippen LogP contribution in [0.3, 0.4) is 0 Å². The molecule has 1 fully saturated rings. The molecule has 12 nitrogen and oxygen atoms in total. The molecule has 1 aromatic carbocycles. The van der Waals surface area contributed by atoms with Crippen molar-refractivity contribution in [3.63, 3.8) is 0 Å². The highest BCUT2D eigenvalue weighted by molar-refractivity contribution is 6.24. The van der Waals surface area contributed by atoms with Gasteiger partial charge >= 0.3 is 0 Å². The van der Waals surface area contributed by atoms with E-state index in [1.165, 1.54) is 19.1 Å². The number of anilines is 1. The first-order valence-corrected chi connectivity index (χ1v) is 13.5. The number of nitrogens with two attached hydrogens (primary N) is 1. The van der Waals surface area contributed by atoms with E-state index >= 15 is 0 Å². The lowest BCUT2D eigenvalue weighted by Crippen LogP contribution is -2.65. The maximum Gasteiger partial charge on any atom is 0.255 e. The molecule has 3 aliphatic carbocycles. The van der Waals surface area contributed by atoms with Gasteiger partial charge in [-0.2, -0.15) is 0 Å². The SMILES string of the molecule is COC(CCCc1cc(N(C)C)c2c(c1O)C(O)=C1C(=O)C3(O)C(O)=C(C(N)=O)C(=O)C(N(C)C)C3CC1C2)OC. The third-order valence-corrected chi connectivity index (χ3v) is 8.67. The second kappa shape index (κ2) is 11.1. The molecule has 0 radical (unpaired) electrons. The van der Waals surface area contributed by atoms with Crippen molar-refractivity contribution in [2.24, 2.45) is 17.6 Å². The van der Waals surface area contributed by atoms with Gasteiger partial charge in [0, 0.05) is 45.5 Å². The molecule has 3 aliphatic rings. The zero-order chi connectivity index (χ0) is 30.5. The van der Waals surface area contributed by atoms with Gasteiger partial charge in [-0.1, -0.05) is 0 Å². The van der Waals surface area contributed by atoms with Crippen molar-refractivity contribution in [2.75, 3.05) is 47.3 Å². The number of rotatable bonds is 9. The van der Waals surface area contributed by atoms with Crippen molar-refractivity contribution in [3.05, 3.63) is 39.7 Å². The smallest absolute Gasteiger partial charge is 0.255 e. The lowest BCUT2D eigenvalue weighted by atomic mass is 9.57. The van der Waals surface area contributed by atoms with E-state index in [0.717, 1.165) is 5.69 Å². The maximum absolute atomic E-state index is 14.1. The Bertz CT molecular complexity index is 1350. The predicted molar refractivity (Wildman–Crippen MR) is 149 cm³/mol. The van der Waals surface area contributed by atoms with E-state index in [1.54, 1.807) is 14.1 Å². The molecule has 4 unspecified atom stereocenters. The lowest BCUT2D eigenvalue weighted by molar-refractivity contribution is -0.153. The first kappa shape index (κ1) is 30.5. The number of likely N-dealkylation sites (N-methyl/N-ethyl adjacent to an activating group) is 1. The van der Waals surface area contributed by atoms with E-state index in [2.05, 4.69) is 0 Å². The topological polar surface area (TPSA) is 183 Å². The fraction of sp³-hybridized carbons (Fsp3) is 0.552. The Morgan fingerprint density at radius 3 is 2.32 bits per heavy atom. The highest BCUT2D eigenvalue weighted by Crippen LogP contribution is 2.54. The van der Waals surface area contributed by atoms with Crippen LogP contribution in [-0.2, 0) is 36.7 Å². The number of benzene rings is 1. The molecule has 0 aliphatic heterocycles. The van der Waals surface area contributed by atoms with Crippen LogP contribution in [0, 0.1) is 11.8 Å². The van der Waals surface area contributed by atoms with Crippen molar-refractivity contribution in [2.45, 2.75) is 50.0 Å². The standard InChI is InChI=1S/C29H39N3O9/c1-31(2)17-12-13(8-7-9-18(40-5)41-6)23(33)20-15(17)10-14-11-16-22(32(3)4)25(35)21(28(30)38)27(37)29(16,39)26(36)19(14)24(20)34/h12,14,16,18,22,33-34,37,39H,7-11H2,1-6H3,(H2,30,38). The molecule has 0 saturated heterocycles. The number of carbonyl (C=O) groups is 3. The number of fused-ring (bicyclic) bond motifs is 3. The number of carbonyl (C=O) groups excluding carboxylic acids is 3. The van der Waals surface area contributed by atoms with Gasteiger partial charge in [0.2, 0.25) is 5.78 Å². The van der Waals surface area contributed by atoms with Crippen molar-refractivity contribution in [1.29, 1.82) is 0 Å². The number of primary amides is 1. The molecule has 4 rings (SSSR count). The van der Waals surface area contributed by atoms with E-state index < -0.39 is 64.3 Å². The van der Waals surface area contributed by atoms with Crippen LogP contribution >= 0.6 is 0 Å².